The lowest BCUT2D eigenvalue weighted by Crippen LogP contribution is -1.68. The van der Waals surface area contributed by atoms with Crippen molar-refractivity contribution in [3.8, 4) is 0 Å². The highest BCUT2D eigenvalue weighted by atomic mass is 14.7. The van der Waals surface area contributed by atoms with E-state index in [1.54, 1.807) is 19.3 Å². The Bertz CT molecular complexity index is 122. The second-order valence-electron chi connectivity index (χ2n) is 1.37. The number of hydrogen-bond donors (Lipinski definition) is 0. The predicted octanol–water partition coefficient (Wildman–Crippen LogP) is 1.29. The molecule has 0 heterocycles. The Morgan fingerprint density at radius 1 is 1.62 bits per heavy atom. The van der Waals surface area contributed by atoms with Crippen molar-refractivity contribution in [2.75, 3.05) is 7.05 Å². The quantitative estimate of drug-likeness (QED) is 0.478. The smallest absolute Gasteiger partial charge is 0.0380 e. The van der Waals surface area contributed by atoms with Gasteiger partial charge in [-0.15, -0.1) is 0 Å². The third-order valence-corrected chi connectivity index (χ3v) is 0.714. The van der Waals surface area contributed by atoms with Gasteiger partial charge in [-0.25, -0.2) is 0 Å². The summed E-state index contributed by atoms with van der Waals surface area (Å²) < 4.78 is 0. The van der Waals surface area contributed by atoms with Crippen molar-refractivity contribution in [1.82, 2.24) is 0 Å². The molecule has 44 valence electrons. The molecule has 0 aromatic rings. The van der Waals surface area contributed by atoms with Crippen molar-refractivity contribution < 1.29 is 0 Å². The van der Waals surface area contributed by atoms with Crippen molar-refractivity contribution in [1.29, 1.82) is 0 Å². The summed E-state index contributed by atoms with van der Waals surface area (Å²) in [7, 11) is 1.72. The van der Waals surface area contributed by atoms with Gasteiger partial charge in [0.2, 0.25) is 0 Å². The molecule has 0 radical (unpaired) electrons. The van der Waals surface area contributed by atoms with E-state index in [2.05, 4.69) is 16.7 Å². The molecule has 2 heteroatoms. The number of nitrogens with zero attached hydrogens (tertiary/aromatic N) is 2. The van der Waals surface area contributed by atoms with E-state index in [0.717, 1.165) is 5.70 Å². The van der Waals surface area contributed by atoms with Crippen LogP contribution in [-0.4, -0.2) is 20.0 Å². The minimum atomic E-state index is 0.885. The molecule has 0 saturated heterocycles. The number of rotatable bonds is 2. The van der Waals surface area contributed by atoms with E-state index in [9.17, 15) is 0 Å². The number of aliphatic imine (C=N–C) groups is 2. The van der Waals surface area contributed by atoms with Gasteiger partial charge in [-0.05, 0) is 19.7 Å². The van der Waals surface area contributed by atoms with Crippen molar-refractivity contribution in [2.45, 2.75) is 6.92 Å². The lowest BCUT2D eigenvalue weighted by Gasteiger charge is -1.81. The van der Waals surface area contributed by atoms with Gasteiger partial charge in [0.05, 0.1) is 0 Å². The molecule has 0 spiro atoms. The molecule has 0 N–H and O–H groups in total. The van der Waals surface area contributed by atoms with Crippen molar-refractivity contribution >= 4 is 12.9 Å². The van der Waals surface area contributed by atoms with E-state index in [4.69, 9.17) is 0 Å². The summed E-state index contributed by atoms with van der Waals surface area (Å²) in [6.45, 7) is 5.20. The molecule has 0 fully saturated rings. The van der Waals surface area contributed by atoms with E-state index < -0.39 is 0 Å². The van der Waals surface area contributed by atoms with Gasteiger partial charge in [-0.2, -0.15) is 0 Å². The van der Waals surface area contributed by atoms with Crippen LogP contribution in [0.2, 0.25) is 0 Å². The van der Waals surface area contributed by atoms with Crippen LogP contribution in [0.5, 0.6) is 0 Å². The standard InChI is InChI=1S/C6H10N2/c1-6(8-3)4-5-7-2/h4-5H,3H2,1-2H3. The fourth-order valence-corrected chi connectivity index (χ4v) is 0.235. The Morgan fingerprint density at radius 3 is 2.62 bits per heavy atom. The zero-order valence-electron chi connectivity index (χ0n) is 5.26. The third-order valence-electron chi connectivity index (χ3n) is 0.714. The first-order valence-electron chi connectivity index (χ1n) is 2.37. The Balaban J connectivity index is 3.74. The average molecular weight is 110 g/mol. The van der Waals surface area contributed by atoms with Gasteiger partial charge in [0.15, 0.2) is 0 Å². The van der Waals surface area contributed by atoms with Crippen LogP contribution >= 0.6 is 0 Å². The molecule has 0 aliphatic heterocycles. The SMILES string of the molecule is C=NC(C)=CC=NC. The lowest BCUT2D eigenvalue weighted by atomic mass is 10.5. The molecule has 2 nitrogen and oxygen atoms in total. The van der Waals surface area contributed by atoms with Gasteiger partial charge in [0.25, 0.3) is 0 Å². The zero-order valence-corrected chi connectivity index (χ0v) is 5.26. The summed E-state index contributed by atoms with van der Waals surface area (Å²) in [6.07, 6.45) is 3.48. The van der Waals surface area contributed by atoms with Crippen LogP contribution in [0.1, 0.15) is 6.92 Å². The van der Waals surface area contributed by atoms with Gasteiger partial charge in [-0.3, -0.25) is 9.98 Å². The molecule has 0 atom stereocenters. The van der Waals surface area contributed by atoms with Crippen LogP contribution in [0.25, 0.3) is 0 Å². The van der Waals surface area contributed by atoms with Crippen LogP contribution in [0.3, 0.4) is 0 Å². The molecule has 0 bridgehead atoms. The van der Waals surface area contributed by atoms with Crippen molar-refractivity contribution in [3.05, 3.63) is 11.8 Å². The predicted molar refractivity (Wildman–Crippen MR) is 37.7 cm³/mol. The Labute approximate surface area is 49.7 Å². The number of hydrogen-bond acceptors (Lipinski definition) is 2. The van der Waals surface area contributed by atoms with Gasteiger partial charge >= 0.3 is 0 Å². The summed E-state index contributed by atoms with van der Waals surface area (Å²) in [5.74, 6) is 0. The van der Waals surface area contributed by atoms with Crippen LogP contribution in [0.4, 0.5) is 0 Å². The molecular weight excluding hydrogens is 100 g/mol. The van der Waals surface area contributed by atoms with E-state index in [0.29, 0.717) is 0 Å². The fourth-order valence-electron chi connectivity index (χ4n) is 0.235. The van der Waals surface area contributed by atoms with E-state index in [1.807, 2.05) is 6.92 Å². The summed E-state index contributed by atoms with van der Waals surface area (Å²) in [4.78, 5) is 7.38. The maximum atomic E-state index is 3.73. The monoisotopic (exact) mass is 110 g/mol. The topological polar surface area (TPSA) is 24.7 Å². The summed E-state index contributed by atoms with van der Waals surface area (Å²) in [5, 5.41) is 0. The summed E-state index contributed by atoms with van der Waals surface area (Å²) in [6, 6.07) is 0. The van der Waals surface area contributed by atoms with Crippen LogP contribution < -0.4 is 0 Å². The normalized spacial score (nSPS) is 12.5. The highest BCUT2D eigenvalue weighted by molar-refractivity contribution is 5.71. The molecule has 0 aromatic carbocycles. The lowest BCUT2D eigenvalue weighted by molar-refractivity contribution is 1.33. The zero-order chi connectivity index (χ0) is 6.41. The average Bonchev–Trinajstić information content (AvgIpc) is 1.83. The summed E-state index contributed by atoms with van der Waals surface area (Å²) in [5.41, 5.74) is 0.885. The molecule has 0 unspecified atom stereocenters. The Kier molecular flexibility index (Phi) is 3.76. The second kappa shape index (κ2) is 4.24. The fraction of sp³-hybridized carbons (Fsp3) is 0.333. The Hall–Kier alpha value is -0.920. The number of allylic oxidation sites excluding steroid dienone is 2. The minimum Gasteiger partial charge on any atom is -0.296 e. The van der Waals surface area contributed by atoms with Gasteiger partial charge in [0.1, 0.15) is 0 Å². The second-order valence-corrected chi connectivity index (χ2v) is 1.37. The molecule has 0 aromatic heterocycles. The minimum absolute atomic E-state index is 0.885. The van der Waals surface area contributed by atoms with Gasteiger partial charge in [0, 0.05) is 19.0 Å². The maximum Gasteiger partial charge on any atom is 0.0380 e. The van der Waals surface area contributed by atoms with Crippen LogP contribution in [-0.2, 0) is 0 Å². The molecule has 8 heavy (non-hydrogen) atoms. The van der Waals surface area contributed by atoms with Gasteiger partial charge in [-0.1, -0.05) is 0 Å². The first-order valence-corrected chi connectivity index (χ1v) is 2.37. The van der Waals surface area contributed by atoms with Crippen LogP contribution in [0.15, 0.2) is 21.8 Å². The largest absolute Gasteiger partial charge is 0.296 e. The van der Waals surface area contributed by atoms with E-state index in [1.165, 1.54) is 0 Å². The van der Waals surface area contributed by atoms with E-state index in [-0.39, 0.29) is 0 Å². The third kappa shape index (κ3) is 3.28. The highest BCUT2D eigenvalue weighted by Gasteiger charge is 1.72. The molecule has 0 aliphatic rings. The first-order chi connectivity index (χ1) is 3.81. The highest BCUT2D eigenvalue weighted by Crippen LogP contribution is 1.87. The van der Waals surface area contributed by atoms with Crippen molar-refractivity contribution in [3.63, 3.8) is 0 Å². The first kappa shape index (κ1) is 7.08. The van der Waals surface area contributed by atoms with E-state index >= 15 is 0 Å². The van der Waals surface area contributed by atoms with Crippen molar-refractivity contribution in [2.24, 2.45) is 9.98 Å². The molecule has 0 aliphatic carbocycles. The molecule has 0 rings (SSSR count). The molecular formula is C6H10N2. The molecule has 0 amide bonds. The Morgan fingerprint density at radius 2 is 2.25 bits per heavy atom. The van der Waals surface area contributed by atoms with Gasteiger partial charge < -0.3 is 0 Å². The maximum absolute atomic E-state index is 3.73. The molecule has 0 saturated carbocycles. The summed E-state index contributed by atoms with van der Waals surface area (Å²) >= 11 is 0. The van der Waals surface area contributed by atoms with Crippen LogP contribution in [0, 0.1) is 0 Å².